The lowest BCUT2D eigenvalue weighted by Gasteiger charge is -2.30. The van der Waals surface area contributed by atoms with E-state index >= 15 is 0 Å². The molecular formula is C50H30N2S. The first kappa shape index (κ1) is 29.1. The molecule has 0 saturated carbocycles. The Kier molecular flexibility index (Phi) is 5.89. The minimum atomic E-state index is -0.358. The molecule has 8 aromatic carbocycles. The molecule has 2 heterocycles. The lowest BCUT2D eigenvalue weighted by Crippen LogP contribution is -2.25. The molecule has 53 heavy (non-hydrogen) atoms. The molecule has 1 spiro atoms. The molecule has 0 atom stereocenters. The van der Waals surface area contributed by atoms with Crippen molar-refractivity contribution < 1.29 is 0 Å². The van der Waals surface area contributed by atoms with Crippen molar-refractivity contribution in [2.75, 3.05) is 0 Å². The maximum atomic E-state index is 5.47. The Morgan fingerprint density at radius 2 is 1.02 bits per heavy atom. The van der Waals surface area contributed by atoms with Crippen LogP contribution in [0, 0.1) is 0 Å². The number of rotatable bonds is 3. The summed E-state index contributed by atoms with van der Waals surface area (Å²) in [7, 11) is 0. The number of hydrogen-bond donors (Lipinski definition) is 0. The van der Waals surface area contributed by atoms with Gasteiger partial charge in [0.2, 0.25) is 0 Å². The second-order valence-corrected chi connectivity index (χ2v) is 15.2. The third-order valence-electron chi connectivity index (χ3n) is 11.7. The van der Waals surface area contributed by atoms with E-state index in [4.69, 9.17) is 4.98 Å². The number of nitrogens with zero attached hydrogens (tertiary/aromatic N) is 2. The molecule has 0 amide bonds. The molecular weight excluding hydrogens is 661 g/mol. The van der Waals surface area contributed by atoms with Gasteiger partial charge in [-0.25, -0.2) is 4.98 Å². The number of aromatic nitrogens is 2. The van der Waals surface area contributed by atoms with E-state index in [1.807, 2.05) is 0 Å². The summed E-state index contributed by atoms with van der Waals surface area (Å²) >= 11 is 1.79. The lowest BCUT2D eigenvalue weighted by atomic mass is 9.70. The molecule has 2 aliphatic rings. The summed E-state index contributed by atoms with van der Waals surface area (Å²) in [5.74, 6) is 0. The Hall–Kier alpha value is -6.55. The van der Waals surface area contributed by atoms with Crippen molar-refractivity contribution in [1.82, 2.24) is 9.55 Å². The predicted molar refractivity (Wildman–Crippen MR) is 221 cm³/mol. The van der Waals surface area contributed by atoms with Crippen LogP contribution in [0.4, 0.5) is 0 Å². The van der Waals surface area contributed by atoms with Gasteiger partial charge in [-0.05, 0) is 80.4 Å². The van der Waals surface area contributed by atoms with Crippen LogP contribution in [-0.2, 0) is 5.41 Å². The highest BCUT2D eigenvalue weighted by Crippen LogP contribution is 2.63. The number of fused-ring (bicyclic) bond motifs is 15. The molecule has 0 aliphatic heterocycles. The van der Waals surface area contributed by atoms with Gasteiger partial charge in [0, 0.05) is 27.6 Å². The molecule has 0 radical (unpaired) electrons. The zero-order valence-corrected chi connectivity index (χ0v) is 29.4. The van der Waals surface area contributed by atoms with Crippen LogP contribution in [0.15, 0.2) is 182 Å². The van der Waals surface area contributed by atoms with Crippen molar-refractivity contribution in [1.29, 1.82) is 0 Å². The molecule has 0 N–H and O–H groups in total. The van der Waals surface area contributed by atoms with E-state index in [1.165, 1.54) is 87.8 Å². The zero-order chi connectivity index (χ0) is 34.7. The van der Waals surface area contributed by atoms with Crippen LogP contribution in [0.5, 0.6) is 0 Å². The smallest absolute Gasteiger partial charge is 0.124 e. The van der Waals surface area contributed by atoms with Gasteiger partial charge in [0.15, 0.2) is 0 Å². The molecule has 246 valence electrons. The highest BCUT2D eigenvalue weighted by atomic mass is 32.1. The Balaban J connectivity index is 1.01. The normalized spacial score (nSPS) is 13.4. The Morgan fingerprint density at radius 1 is 0.434 bits per heavy atom. The molecule has 0 bridgehead atoms. The van der Waals surface area contributed by atoms with Crippen molar-refractivity contribution in [3.63, 3.8) is 0 Å². The summed E-state index contributed by atoms with van der Waals surface area (Å²) in [5.41, 5.74) is 18.5. The Labute approximate surface area is 310 Å². The SMILES string of the molecule is c1ccc(-n2c3ccccc3c3c(-c4ccc(-c5nc6c7c(ccc6s5)C5(c6ccccc6-c6ccccc65)c5ccccc5-7)cc4)cccc32)cc1. The van der Waals surface area contributed by atoms with Gasteiger partial charge in [0.05, 0.1) is 26.7 Å². The molecule has 2 aliphatic carbocycles. The summed E-state index contributed by atoms with van der Waals surface area (Å²) in [6.07, 6.45) is 0. The fourth-order valence-electron chi connectivity index (χ4n) is 9.60. The number of para-hydroxylation sites is 2. The summed E-state index contributed by atoms with van der Waals surface area (Å²) in [4.78, 5) is 5.47. The van der Waals surface area contributed by atoms with E-state index in [1.54, 1.807) is 11.3 Å². The number of thiazole rings is 1. The summed E-state index contributed by atoms with van der Waals surface area (Å²) in [6, 6.07) is 66.8. The van der Waals surface area contributed by atoms with E-state index in [9.17, 15) is 0 Å². The standard InChI is InChI=1S/C50H30N2S/c1-2-13-33(14-3-1)52-43-23-11-7-18-38(43)46-34(19-12-24-44(46)52)31-25-27-32(28-26-31)49-51-48-45(53-49)30-29-42-47(48)37-17-6-10-22-41(37)50(42)39-20-8-4-15-35(39)36-16-5-9-21-40(36)50/h1-30H. The fraction of sp³-hybridized carbons (Fsp3) is 0.0200. The third-order valence-corrected chi connectivity index (χ3v) is 12.7. The molecule has 0 saturated heterocycles. The number of hydrogen-bond acceptors (Lipinski definition) is 2. The highest BCUT2D eigenvalue weighted by molar-refractivity contribution is 7.21. The van der Waals surface area contributed by atoms with Gasteiger partial charge in [-0.3, -0.25) is 0 Å². The van der Waals surface area contributed by atoms with Gasteiger partial charge in [0.1, 0.15) is 5.01 Å². The van der Waals surface area contributed by atoms with Crippen molar-refractivity contribution >= 4 is 43.4 Å². The quantitative estimate of drug-likeness (QED) is 0.180. The molecule has 0 unspecified atom stereocenters. The molecule has 12 rings (SSSR count). The van der Waals surface area contributed by atoms with Crippen LogP contribution in [-0.4, -0.2) is 9.55 Å². The van der Waals surface area contributed by atoms with Crippen LogP contribution in [0.25, 0.3) is 81.7 Å². The largest absolute Gasteiger partial charge is 0.309 e. The zero-order valence-electron chi connectivity index (χ0n) is 28.6. The minimum Gasteiger partial charge on any atom is -0.309 e. The van der Waals surface area contributed by atoms with Gasteiger partial charge in [-0.1, -0.05) is 152 Å². The van der Waals surface area contributed by atoms with Crippen LogP contribution < -0.4 is 0 Å². The average Bonchev–Trinajstić information content (AvgIpc) is 3.97. The fourth-order valence-corrected chi connectivity index (χ4v) is 10.6. The third kappa shape index (κ3) is 3.79. The van der Waals surface area contributed by atoms with Crippen LogP contribution >= 0.6 is 11.3 Å². The predicted octanol–water partition coefficient (Wildman–Crippen LogP) is 13.1. The minimum absolute atomic E-state index is 0.358. The second-order valence-electron chi connectivity index (χ2n) is 14.2. The van der Waals surface area contributed by atoms with Crippen molar-refractivity contribution in [3.05, 3.63) is 204 Å². The van der Waals surface area contributed by atoms with Crippen molar-refractivity contribution in [3.8, 4) is 49.6 Å². The molecule has 2 nitrogen and oxygen atoms in total. The Morgan fingerprint density at radius 3 is 1.77 bits per heavy atom. The monoisotopic (exact) mass is 690 g/mol. The van der Waals surface area contributed by atoms with Crippen molar-refractivity contribution in [2.24, 2.45) is 0 Å². The maximum absolute atomic E-state index is 5.47. The van der Waals surface area contributed by atoms with E-state index in [2.05, 4.69) is 187 Å². The Bertz CT molecular complexity index is 3060. The van der Waals surface area contributed by atoms with Crippen molar-refractivity contribution in [2.45, 2.75) is 5.41 Å². The first-order chi connectivity index (χ1) is 26.3. The lowest BCUT2D eigenvalue weighted by molar-refractivity contribution is 0.794. The van der Waals surface area contributed by atoms with Crippen LogP contribution in [0.1, 0.15) is 22.3 Å². The van der Waals surface area contributed by atoms with Gasteiger partial charge in [-0.2, -0.15) is 0 Å². The topological polar surface area (TPSA) is 17.8 Å². The summed E-state index contributed by atoms with van der Waals surface area (Å²) in [5, 5.41) is 3.58. The van der Waals surface area contributed by atoms with Crippen LogP contribution in [0.3, 0.4) is 0 Å². The van der Waals surface area contributed by atoms with E-state index < -0.39 is 0 Å². The van der Waals surface area contributed by atoms with E-state index in [0.717, 1.165) is 16.1 Å². The van der Waals surface area contributed by atoms with Gasteiger partial charge in [0.25, 0.3) is 0 Å². The second kappa shape index (κ2) is 10.7. The van der Waals surface area contributed by atoms with Gasteiger partial charge in [-0.15, -0.1) is 11.3 Å². The van der Waals surface area contributed by atoms with Gasteiger partial charge >= 0.3 is 0 Å². The molecule has 3 heteroatoms. The van der Waals surface area contributed by atoms with Gasteiger partial charge < -0.3 is 4.57 Å². The van der Waals surface area contributed by atoms with E-state index in [-0.39, 0.29) is 5.41 Å². The highest BCUT2D eigenvalue weighted by Gasteiger charge is 2.52. The summed E-state index contributed by atoms with van der Waals surface area (Å²) in [6.45, 7) is 0. The first-order valence-electron chi connectivity index (χ1n) is 18.2. The summed E-state index contributed by atoms with van der Waals surface area (Å²) < 4.78 is 3.60. The maximum Gasteiger partial charge on any atom is 0.124 e. The average molecular weight is 691 g/mol. The van der Waals surface area contributed by atoms with Crippen LogP contribution in [0.2, 0.25) is 0 Å². The molecule has 0 fully saturated rings. The molecule has 2 aromatic heterocycles. The number of benzene rings is 8. The first-order valence-corrected chi connectivity index (χ1v) is 19.0. The molecule has 10 aromatic rings. The van der Waals surface area contributed by atoms with E-state index in [0.29, 0.717) is 0 Å².